The summed E-state index contributed by atoms with van der Waals surface area (Å²) in [5.41, 5.74) is 1.17. The van der Waals surface area contributed by atoms with Crippen LogP contribution in [0, 0.1) is 0 Å². The molecule has 2 N–H and O–H groups in total. The van der Waals surface area contributed by atoms with E-state index in [-0.39, 0.29) is 17.6 Å². The van der Waals surface area contributed by atoms with Gasteiger partial charge >= 0.3 is 11.9 Å². The van der Waals surface area contributed by atoms with E-state index in [2.05, 4.69) is 0 Å². The summed E-state index contributed by atoms with van der Waals surface area (Å²) >= 11 is 14.4. The minimum Gasteiger partial charge on any atom is -0.490 e. The molecule has 0 bridgehead atoms. The Balaban J connectivity index is 0.000000585. The molecule has 1 aromatic carbocycles. The Kier molecular flexibility index (Phi) is 8.74. The van der Waals surface area contributed by atoms with Crippen molar-refractivity contribution in [2.45, 2.75) is 43.5 Å². The molecule has 0 aliphatic rings. The van der Waals surface area contributed by atoms with Gasteiger partial charge in [0, 0.05) is 0 Å². The lowest BCUT2D eigenvalue weighted by Gasteiger charge is -2.18. The molecule has 0 aliphatic heterocycles. The number of alkyl halides is 3. The zero-order valence-electron chi connectivity index (χ0n) is 13.1. The van der Waals surface area contributed by atoms with Crippen LogP contribution in [0.2, 0.25) is 0 Å². The van der Waals surface area contributed by atoms with Crippen LogP contribution in [0.25, 0.3) is 0 Å². The third kappa shape index (κ3) is 7.77. The molecule has 1 aromatic rings. The van der Waals surface area contributed by atoms with Crippen molar-refractivity contribution in [3.05, 3.63) is 29.3 Å². The Hall–Kier alpha value is -1.17. The average molecular weight is 386 g/mol. The lowest BCUT2D eigenvalue weighted by Crippen LogP contribution is -2.16. The monoisotopic (exact) mass is 384 g/mol. The molecule has 0 radical (unpaired) electrons. The fourth-order valence-corrected chi connectivity index (χ4v) is 1.55. The summed E-state index contributed by atoms with van der Waals surface area (Å²) in [6.45, 7) is 7.83. The highest BCUT2D eigenvalue weighted by atomic mass is 35.6. The third-order valence-corrected chi connectivity index (χ3v) is 2.98. The molecular formula is C15H19Cl3O5. The van der Waals surface area contributed by atoms with Crippen LogP contribution in [-0.2, 0) is 4.79 Å². The van der Waals surface area contributed by atoms with E-state index in [0.717, 1.165) is 5.56 Å². The number of rotatable bonds is 4. The topological polar surface area (TPSA) is 83.8 Å². The smallest absolute Gasteiger partial charge is 0.356 e. The molecule has 130 valence electrons. The van der Waals surface area contributed by atoms with Crippen molar-refractivity contribution < 1.29 is 24.5 Å². The Morgan fingerprint density at radius 1 is 1.09 bits per heavy atom. The lowest BCUT2D eigenvalue weighted by atomic mass is 9.99. The number of para-hydroxylation sites is 1. The predicted molar refractivity (Wildman–Crippen MR) is 91.2 cm³/mol. The number of carboxylic acid groups (broad SMARTS) is 2. The fraction of sp³-hybridized carbons (Fsp3) is 0.467. The van der Waals surface area contributed by atoms with Crippen LogP contribution in [0.4, 0.5) is 0 Å². The van der Waals surface area contributed by atoms with E-state index in [0.29, 0.717) is 5.75 Å². The van der Waals surface area contributed by atoms with Crippen molar-refractivity contribution >= 4 is 46.7 Å². The third-order valence-electron chi connectivity index (χ3n) is 2.49. The van der Waals surface area contributed by atoms with Gasteiger partial charge < -0.3 is 14.9 Å². The zero-order valence-corrected chi connectivity index (χ0v) is 15.4. The van der Waals surface area contributed by atoms with E-state index in [1.165, 1.54) is 0 Å². The molecule has 0 aliphatic carbocycles. The van der Waals surface area contributed by atoms with E-state index < -0.39 is 15.7 Å². The van der Waals surface area contributed by atoms with E-state index in [9.17, 15) is 9.59 Å². The minimum absolute atomic E-state index is 0.0296. The molecule has 23 heavy (non-hydrogen) atoms. The van der Waals surface area contributed by atoms with Crippen LogP contribution in [0.3, 0.4) is 0 Å². The summed E-state index contributed by atoms with van der Waals surface area (Å²) in [7, 11) is 0. The second-order valence-corrected chi connectivity index (χ2v) is 7.43. The highest BCUT2D eigenvalue weighted by molar-refractivity contribution is 6.75. The maximum Gasteiger partial charge on any atom is 0.356 e. The van der Waals surface area contributed by atoms with Crippen molar-refractivity contribution in [2.24, 2.45) is 0 Å². The molecule has 0 saturated carbocycles. The quantitative estimate of drug-likeness (QED) is 0.732. The molecule has 0 amide bonds. The first-order valence-electron chi connectivity index (χ1n) is 6.70. The average Bonchev–Trinajstić information content (AvgIpc) is 2.37. The summed E-state index contributed by atoms with van der Waals surface area (Å²) in [5.74, 6) is -1.66. The van der Waals surface area contributed by atoms with Gasteiger partial charge in [-0.1, -0.05) is 60.8 Å². The van der Waals surface area contributed by atoms with Gasteiger partial charge in [0.1, 0.15) is 11.3 Å². The van der Waals surface area contributed by atoms with Crippen LogP contribution in [0.15, 0.2) is 18.2 Å². The summed E-state index contributed by atoms with van der Waals surface area (Å²) in [6.07, 6.45) is -0.0296. The highest BCUT2D eigenvalue weighted by Gasteiger charge is 2.29. The van der Waals surface area contributed by atoms with E-state index in [1.807, 2.05) is 33.8 Å². The lowest BCUT2D eigenvalue weighted by molar-refractivity contribution is -0.135. The van der Waals surface area contributed by atoms with Crippen LogP contribution < -0.4 is 4.74 Å². The van der Waals surface area contributed by atoms with E-state index in [1.54, 1.807) is 12.1 Å². The van der Waals surface area contributed by atoms with Crippen LogP contribution >= 0.6 is 34.8 Å². The molecule has 0 spiro atoms. The van der Waals surface area contributed by atoms with Gasteiger partial charge in [0.05, 0.1) is 6.10 Å². The number of halogens is 3. The Labute approximate surface area is 150 Å². The van der Waals surface area contributed by atoms with Crippen molar-refractivity contribution in [1.29, 1.82) is 0 Å². The van der Waals surface area contributed by atoms with Crippen molar-refractivity contribution in [3.8, 4) is 5.75 Å². The van der Waals surface area contributed by atoms with E-state index in [4.69, 9.17) is 49.8 Å². The number of carboxylic acids is 2. The molecule has 8 heteroatoms. The van der Waals surface area contributed by atoms with Crippen molar-refractivity contribution in [2.75, 3.05) is 0 Å². The Morgan fingerprint density at radius 3 is 1.87 bits per heavy atom. The number of aromatic carboxylic acids is 1. The molecule has 0 unspecified atom stereocenters. The Bertz CT molecular complexity index is 551. The van der Waals surface area contributed by atoms with Gasteiger partial charge in [-0.25, -0.2) is 9.59 Å². The molecule has 0 atom stereocenters. The Morgan fingerprint density at radius 2 is 1.57 bits per heavy atom. The zero-order chi connectivity index (χ0) is 18.4. The van der Waals surface area contributed by atoms with Crippen LogP contribution in [0.5, 0.6) is 5.75 Å². The minimum atomic E-state index is -2.17. The van der Waals surface area contributed by atoms with Gasteiger partial charge in [0.2, 0.25) is 0 Å². The second-order valence-electron chi connectivity index (χ2n) is 5.15. The van der Waals surface area contributed by atoms with Gasteiger partial charge in [-0.15, -0.1) is 0 Å². The number of hydrogen-bond donors (Lipinski definition) is 2. The molecule has 5 nitrogen and oxygen atoms in total. The summed E-state index contributed by atoms with van der Waals surface area (Å²) in [5, 5.41) is 17.0. The standard InChI is InChI=1S/C13H18O3.C2HCl3O2/c1-8(2)10-6-5-7-11(13(14)15)12(10)16-9(3)4;3-2(4,5)1(6)7/h5-9H,1-4H3,(H,14,15);(H,6,7). The predicted octanol–water partition coefficient (Wildman–Crippen LogP) is 4.74. The number of benzene rings is 1. The maximum absolute atomic E-state index is 11.1. The number of hydrogen-bond acceptors (Lipinski definition) is 3. The molecular weight excluding hydrogens is 367 g/mol. The first-order chi connectivity index (χ1) is 10.4. The van der Waals surface area contributed by atoms with Gasteiger partial charge in [-0.3, -0.25) is 0 Å². The second kappa shape index (κ2) is 9.21. The maximum atomic E-state index is 11.1. The van der Waals surface area contributed by atoms with Crippen molar-refractivity contribution in [1.82, 2.24) is 0 Å². The number of carbonyl (C=O) groups is 2. The van der Waals surface area contributed by atoms with E-state index >= 15 is 0 Å². The molecule has 1 rings (SSSR count). The highest BCUT2D eigenvalue weighted by Crippen LogP contribution is 2.31. The molecule has 0 fully saturated rings. The van der Waals surface area contributed by atoms with Gasteiger partial charge in [0.25, 0.3) is 3.79 Å². The largest absolute Gasteiger partial charge is 0.490 e. The van der Waals surface area contributed by atoms with Gasteiger partial charge in [0.15, 0.2) is 0 Å². The van der Waals surface area contributed by atoms with Gasteiger partial charge in [-0.05, 0) is 31.4 Å². The van der Waals surface area contributed by atoms with Crippen molar-refractivity contribution in [3.63, 3.8) is 0 Å². The molecule has 0 saturated heterocycles. The van der Waals surface area contributed by atoms with Gasteiger partial charge in [-0.2, -0.15) is 0 Å². The molecule has 0 heterocycles. The number of aliphatic carboxylic acids is 1. The van der Waals surface area contributed by atoms with Crippen LogP contribution in [0.1, 0.15) is 49.5 Å². The SMILES string of the molecule is CC(C)Oc1c(C(=O)O)cccc1C(C)C.O=C(O)C(Cl)(Cl)Cl. The van der Waals surface area contributed by atoms with Crippen LogP contribution in [-0.4, -0.2) is 32.0 Å². The first kappa shape index (κ1) is 21.8. The normalized spacial score (nSPS) is 11.0. The fourth-order valence-electron chi connectivity index (χ4n) is 1.55. The summed E-state index contributed by atoms with van der Waals surface area (Å²) < 4.78 is 3.45. The number of ether oxygens (including phenoxy) is 1. The summed E-state index contributed by atoms with van der Waals surface area (Å²) in [4.78, 5) is 20.7. The first-order valence-corrected chi connectivity index (χ1v) is 7.84. The summed E-state index contributed by atoms with van der Waals surface area (Å²) in [6, 6.07) is 5.24. The molecule has 0 aromatic heterocycles.